The highest BCUT2D eigenvalue weighted by atomic mass is 16.5. The van der Waals surface area contributed by atoms with E-state index in [0.29, 0.717) is 0 Å². The Kier molecular flexibility index (Phi) is 6.69. The smallest absolute Gasteiger partial charge is 0.0756 e. The predicted octanol–water partition coefficient (Wildman–Crippen LogP) is 1.94. The molecule has 0 saturated heterocycles. The van der Waals surface area contributed by atoms with Crippen LogP contribution in [0.15, 0.2) is 18.6 Å². The van der Waals surface area contributed by atoms with Gasteiger partial charge in [0.1, 0.15) is 0 Å². The van der Waals surface area contributed by atoms with Gasteiger partial charge in [-0.1, -0.05) is 6.92 Å². The third kappa shape index (κ3) is 4.68. The Morgan fingerprint density at radius 3 is 2.88 bits per heavy atom. The van der Waals surface area contributed by atoms with Gasteiger partial charge in [0.2, 0.25) is 0 Å². The highest BCUT2D eigenvalue weighted by molar-refractivity contribution is 5.02. The quantitative estimate of drug-likeness (QED) is 0.684. The molecule has 0 aromatic carbocycles. The molecular formula is C12H21N3O. The van der Waals surface area contributed by atoms with Gasteiger partial charge in [-0.25, -0.2) is 0 Å². The molecule has 4 nitrogen and oxygen atoms in total. The van der Waals surface area contributed by atoms with Crippen LogP contribution < -0.4 is 5.32 Å². The Balaban J connectivity index is 2.49. The molecule has 0 radical (unpaired) electrons. The third-order valence-electron chi connectivity index (χ3n) is 2.34. The fraction of sp³-hybridized carbons (Fsp3) is 0.667. The van der Waals surface area contributed by atoms with Gasteiger partial charge in [0.05, 0.1) is 11.7 Å². The van der Waals surface area contributed by atoms with Gasteiger partial charge in [-0.05, 0) is 26.3 Å². The van der Waals surface area contributed by atoms with Crippen LogP contribution in [0.4, 0.5) is 0 Å². The van der Waals surface area contributed by atoms with E-state index in [1.54, 1.807) is 12.4 Å². The number of hydrogen-bond donors (Lipinski definition) is 1. The van der Waals surface area contributed by atoms with E-state index < -0.39 is 0 Å². The maximum atomic E-state index is 5.38. The number of aromatic nitrogens is 2. The second-order valence-electron chi connectivity index (χ2n) is 3.62. The summed E-state index contributed by atoms with van der Waals surface area (Å²) in [6.07, 6.45) is 7.30. The van der Waals surface area contributed by atoms with Crippen molar-refractivity contribution in [3.05, 3.63) is 24.3 Å². The van der Waals surface area contributed by atoms with Crippen LogP contribution in [-0.2, 0) is 4.74 Å². The summed E-state index contributed by atoms with van der Waals surface area (Å²) in [5, 5.41) is 3.46. The third-order valence-corrected chi connectivity index (χ3v) is 2.34. The van der Waals surface area contributed by atoms with Gasteiger partial charge in [0, 0.05) is 31.8 Å². The van der Waals surface area contributed by atoms with E-state index in [2.05, 4.69) is 22.2 Å². The van der Waals surface area contributed by atoms with Crippen molar-refractivity contribution in [2.75, 3.05) is 19.8 Å². The summed E-state index contributed by atoms with van der Waals surface area (Å²) >= 11 is 0. The Bertz CT molecular complexity index is 266. The Morgan fingerprint density at radius 1 is 1.38 bits per heavy atom. The molecule has 0 aliphatic rings. The maximum Gasteiger partial charge on any atom is 0.0756 e. The zero-order chi connectivity index (χ0) is 11.6. The Morgan fingerprint density at radius 2 is 2.25 bits per heavy atom. The molecule has 1 aromatic rings. The lowest BCUT2D eigenvalue weighted by molar-refractivity contribution is 0.136. The van der Waals surface area contributed by atoms with Crippen molar-refractivity contribution >= 4 is 0 Å². The number of rotatable bonds is 8. The molecule has 0 aliphatic carbocycles. The van der Waals surface area contributed by atoms with E-state index in [0.717, 1.165) is 38.3 Å². The van der Waals surface area contributed by atoms with Gasteiger partial charge in [-0.2, -0.15) is 0 Å². The van der Waals surface area contributed by atoms with E-state index >= 15 is 0 Å². The molecule has 0 aliphatic heterocycles. The number of ether oxygens (including phenoxy) is 1. The van der Waals surface area contributed by atoms with Crippen LogP contribution in [0.1, 0.15) is 38.4 Å². The van der Waals surface area contributed by atoms with E-state index in [-0.39, 0.29) is 6.04 Å². The van der Waals surface area contributed by atoms with Gasteiger partial charge < -0.3 is 10.1 Å². The van der Waals surface area contributed by atoms with E-state index in [1.807, 2.05) is 13.1 Å². The predicted molar refractivity (Wildman–Crippen MR) is 64.2 cm³/mol. The van der Waals surface area contributed by atoms with Crippen molar-refractivity contribution in [1.29, 1.82) is 0 Å². The lowest BCUT2D eigenvalue weighted by Gasteiger charge is -2.17. The van der Waals surface area contributed by atoms with Crippen molar-refractivity contribution < 1.29 is 4.74 Å². The molecule has 0 bridgehead atoms. The molecule has 1 rings (SSSR count). The van der Waals surface area contributed by atoms with Crippen LogP contribution in [-0.4, -0.2) is 29.7 Å². The van der Waals surface area contributed by atoms with Crippen molar-refractivity contribution in [1.82, 2.24) is 15.3 Å². The first kappa shape index (κ1) is 13.1. The normalized spacial score (nSPS) is 12.6. The van der Waals surface area contributed by atoms with E-state index in [1.165, 1.54) is 0 Å². The number of nitrogens with one attached hydrogen (secondary N) is 1. The van der Waals surface area contributed by atoms with Crippen LogP contribution in [0.5, 0.6) is 0 Å². The zero-order valence-electron chi connectivity index (χ0n) is 10.1. The lowest BCUT2D eigenvalue weighted by atomic mass is 10.1. The molecule has 1 N–H and O–H groups in total. The van der Waals surface area contributed by atoms with Crippen molar-refractivity contribution in [3.8, 4) is 0 Å². The minimum atomic E-state index is 0.250. The maximum absolute atomic E-state index is 5.38. The second-order valence-corrected chi connectivity index (χ2v) is 3.62. The van der Waals surface area contributed by atoms with Gasteiger partial charge in [0.15, 0.2) is 0 Å². The van der Waals surface area contributed by atoms with Gasteiger partial charge >= 0.3 is 0 Å². The van der Waals surface area contributed by atoms with Gasteiger partial charge in [0.25, 0.3) is 0 Å². The minimum Gasteiger partial charge on any atom is -0.382 e. The molecule has 4 heteroatoms. The fourth-order valence-corrected chi connectivity index (χ4v) is 1.51. The molecule has 0 fully saturated rings. The lowest BCUT2D eigenvalue weighted by Crippen LogP contribution is -2.24. The van der Waals surface area contributed by atoms with Crippen LogP contribution >= 0.6 is 0 Å². The molecule has 1 aromatic heterocycles. The summed E-state index contributed by atoms with van der Waals surface area (Å²) in [6, 6.07) is 0.250. The minimum absolute atomic E-state index is 0.250. The first-order chi connectivity index (χ1) is 7.88. The summed E-state index contributed by atoms with van der Waals surface area (Å²) < 4.78 is 5.38. The number of hydrogen-bond acceptors (Lipinski definition) is 4. The van der Waals surface area contributed by atoms with Crippen LogP contribution in [0.25, 0.3) is 0 Å². The molecule has 1 heterocycles. The summed E-state index contributed by atoms with van der Waals surface area (Å²) in [5.41, 5.74) is 0.996. The second kappa shape index (κ2) is 8.19. The Labute approximate surface area is 97.5 Å². The molecule has 0 amide bonds. The van der Waals surface area contributed by atoms with Crippen LogP contribution in [0.2, 0.25) is 0 Å². The highest BCUT2D eigenvalue weighted by Crippen LogP contribution is 2.12. The average molecular weight is 223 g/mol. The van der Waals surface area contributed by atoms with Gasteiger partial charge in [-0.15, -0.1) is 0 Å². The highest BCUT2D eigenvalue weighted by Gasteiger charge is 2.11. The summed E-state index contributed by atoms with van der Waals surface area (Å²) in [4.78, 5) is 8.43. The first-order valence-electron chi connectivity index (χ1n) is 5.95. The summed E-state index contributed by atoms with van der Waals surface area (Å²) in [6.45, 7) is 6.68. The average Bonchev–Trinajstić information content (AvgIpc) is 2.35. The summed E-state index contributed by atoms with van der Waals surface area (Å²) in [7, 11) is 0. The van der Waals surface area contributed by atoms with Crippen molar-refractivity contribution in [2.24, 2.45) is 0 Å². The Hall–Kier alpha value is -1.00. The summed E-state index contributed by atoms with van der Waals surface area (Å²) in [5.74, 6) is 0. The first-order valence-corrected chi connectivity index (χ1v) is 5.95. The van der Waals surface area contributed by atoms with Crippen LogP contribution in [0.3, 0.4) is 0 Å². The van der Waals surface area contributed by atoms with E-state index in [9.17, 15) is 0 Å². The molecule has 0 spiro atoms. The molecule has 16 heavy (non-hydrogen) atoms. The standard InChI is InChI=1S/C12H21N3O/c1-3-6-14-11(5-9-16-4-2)12-10-13-7-8-15-12/h7-8,10-11,14H,3-6,9H2,1-2H3. The molecule has 90 valence electrons. The monoisotopic (exact) mass is 223 g/mol. The zero-order valence-corrected chi connectivity index (χ0v) is 10.1. The van der Waals surface area contributed by atoms with Crippen molar-refractivity contribution in [3.63, 3.8) is 0 Å². The fourth-order valence-electron chi connectivity index (χ4n) is 1.51. The largest absolute Gasteiger partial charge is 0.382 e. The van der Waals surface area contributed by atoms with Crippen LogP contribution in [0, 0.1) is 0 Å². The molecule has 0 saturated carbocycles. The molecule has 1 unspecified atom stereocenters. The van der Waals surface area contributed by atoms with Gasteiger partial charge in [-0.3, -0.25) is 9.97 Å². The molecular weight excluding hydrogens is 202 g/mol. The number of nitrogens with zero attached hydrogens (tertiary/aromatic N) is 2. The SMILES string of the molecule is CCCNC(CCOCC)c1cnccn1. The van der Waals surface area contributed by atoms with E-state index in [4.69, 9.17) is 4.74 Å². The molecule has 1 atom stereocenters. The topological polar surface area (TPSA) is 47.0 Å². The van der Waals surface area contributed by atoms with Crippen molar-refractivity contribution in [2.45, 2.75) is 32.7 Å².